The Kier molecular flexibility index (Phi) is 5.66. The lowest BCUT2D eigenvalue weighted by molar-refractivity contribution is -0.207. The fourth-order valence-electron chi connectivity index (χ4n) is 8.75. The minimum Gasteiger partial charge on any atom is -0.396 e. The predicted octanol–water partition coefficient (Wildman–Crippen LogP) is 3.36. The van der Waals surface area contributed by atoms with Gasteiger partial charge in [-0.1, -0.05) is 20.8 Å². The van der Waals surface area contributed by atoms with E-state index in [-0.39, 0.29) is 35.7 Å². The summed E-state index contributed by atoms with van der Waals surface area (Å²) in [5, 5.41) is 42.2. The van der Waals surface area contributed by atoms with Crippen LogP contribution in [-0.4, -0.2) is 45.3 Å². The van der Waals surface area contributed by atoms with Gasteiger partial charge in [-0.15, -0.1) is 0 Å². The molecular formula is C24H42O4. The van der Waals surface area contributed by atoms with Crippen molar-refractivity contribution in [3.63, 3.8) is 0 Å². The SMILES string of the molecule is C[C@H](CCCO)[C@H]1CC[C@H]2[C@@H]3[C@H](O)C[C@@H]4C[C@@H](O)CC[C@]4(C)[C@H]3C[C@@H](O)[C@]12C. The van der Waals surface area contributed by atoms with Crippen LogP contribution in [-0.2, 0) is 0 Å². The Balaban J connectivity index is 1.62. The quantitative estimate of drug-likeness (QED) is 0.589. The molecule has 162 valence electrons. The molecule has 0 bridgehead atoms. The molecule has 0 aromatic rings. The van der Waals surface area contributed by atoms with Gasteiger partial charge < -0.3 is 20.4 Å². The molecule has 0 spiro atoms. The van der Waals surface area contributed by atoms with Crippen molar-refractivity contribution >= 4 is 0 Å². The standard InChI is InChI=1S/C24H42O4/c1-14(5-4-10-25)17-6-7-18-22-19(13-21(28)24(17,18)3)23(2)9-8-16(26)11-15(23)12-20(22)27/h14-22,25-28H,4-13H2,1-3H3/t14-,15+,16+,17-,18+,19+,20-,21-,22+,23+,24-/m1/s1. The molecule has 4 aliphatic rings. The second-order valence-electron chi connectivity index (χ2n) is 11.4. The van der Waals surface area contributed by atoms with Crippen molar-refractivity contribution in [3.8, 4) is 0 Å². The highest BCUT2D eigenvalue weighted by molar-refractivity contribution is 5.14. The Morgan fingerprint density at radius 1 is 0.964 bits per heavy atom. The number of aliphatic hydroxyl groups is 4. The maximum atomic E-state index is 11.5. The first-order valence-electron chi connectivity index (χ1n) is 11.9. The molecular weight excluding hydrogens is 352 g/mol. The molecule has 4 nitrogen and oxygen atoms in total. The Morgan fingerprint density at radius 3 is 2.43 bits per heavy atom. The van der Waals surface area contributed by atoms with Gasteiger partial charge in [0.05, 0.1) is 18.3 Å². The van der Waals surface area contributed by atoms with Crippen LogP contribution in [0.3, 0.4) is 0 Å². The number of rotatable bonds is 4. The zero-order valence-electron chi connectivity index (χ0n) is 18.1. The summed E-state index contributed by atoms with van der Waals surface area (Å²) >= 11 is 0. The maximum absolute atomic E-state index is 11.5. The zero-order valence-corrected chi connectivity index (χ0v) is 18.1. The van der Waals surface area contributed by atoms with E-state index in [1.165, 1.54) is 0 Å². The minimum absolute atomic E-state index is 0.117. The van der Waals surface area contributed by atoms with E-state index in [0.717, 1.165) is 57.8 Å². The molecule has 11 atom stereocenters. The van der Waals surface area contributed by atoms with E-state index in [1.807, 2.05) is 0 Å². The number of fused-ring (bicyclic) bond motifs is 5. The van der Waals surface area contributed by atoms with Crippen LogP contribution in [0.4, 0.5) is 0 Å². The van der Waals surface area contributed by atoms with E-state index < -0.39 is 0 Å². The average molecular weight is 395 g/mol. The second-order valence-corrected chi connectivity index (χ2v) is 11.4. The van der Waals surface area contributed by atoms with Crippen LogP contribution >= 0.6 is 0 Å². The van der Waals surface area contributed by atoms with E-state index in [0.29, 0.717) is 35.5 Å². The molecule has 0 unspecified atom stereocenters. The molecule has 0 aromatic carbocycles. The monoisotopic (exact) mass is 394 g/mol. The third kappa shape index (κ3) is 3.01. The van der Waals surface area contributed by atoms with Gasteiger partial charge in [-0.05, 0) is 104 Å². The van der Waals surface area contributed by atoms with Gasteiger partial charge >= 0.3 is 0 Å². The van der Waals surface area contributed by atoms with E-state index in [1.54, 1.807) is 0 Å². The van der Waals surface area contributed by atoms with Crippen LogP contribution in [0.2, 0.25) is 0 Å². The lowest BCUT2D eigenvalue weighted by Gasteiger charge is -2.63. The Morgan fingerprint density at radius 2 is 1.71 bits per heavy atom. The number of hydrogen-bond acceptors (Lipinski definition) is 4. The summed E-state index contributed by atoms with van der Waals surface area (Å²) in [6.45, 7) is 7.23. The predicted molar refractivity (Wildman–Crippen MR) is 109 cm³/mol. The van der Waals surface area contributed by atoms with Crippen molar-refractivity contribution in [2.75, 3.05) is 6.61 Å². The van der Waals surface area contributed by atoms with Gasteiger partial charge in [0.15, 0.2) is 0 Å². The molecule has 4 heteroatoms. The Bertz CT molecular complexity index is 567. The molecule has 4 aliphatic carbocycles. The fourth-order valence-corrected chi connectivity index (χ4v) is 8.75. The first-order valence-corrected chi connectivity index (χ1v) is 11.9. The van der Waals surface area contributed by atoms with Crippen molar-refractivity contribution in [1.29, 1.82) is 0 Å². The molecule has 0 saturated heterocycles. The highest BCUT2D eigenvalue weighted by atomic mass is 16.3. The van der Waals surface area contributed by atoms with Crippen LogP contribution in [0.25, 0.3) is 0 Å². The molecule has 0 aliphatic heterocycles. The largest absolute Gasteiger partial charge is 0.396 e. The number of aliphatic hydroxyl groups excluding tert-OH is 4. The molecule has 0 amide bonds. The van der Waals surface area contributed by atoms with Gasteiger partial charge in [-0.2, -0.15) is 0 Å². The van der Waals surface area contributed by atoms with E-state index in [9.17, 15) is 20.4 Å². The van der Waals surface area contributed by atoms with Crippen LogP contribution in [0.5, 0.6) is 0 Å². The third-order valence-corrected chi connectivity index (χ3v) is 10.3. The summed E-state index contributed by atoms with van der Waals surface area (Å²) in [4.78, 5) is 0. The van der Waals surface area contributed by atoms with Crippen LogP contribution < -0.4 is 0 Å². The van der Waals surface area contributed by atoms with Crippen molar-refractivity contribution in [1.82, 2.24) is 0 Å². The van der Waals surface area contributed by atoms with Crippen LogP contribution in [0.15, 0.2) is 0 Å². The molecule has 0 aromatic heterocycles. The molecule has 4 saturated carbocycles. The molecule has 4 rings (SSSR count). The summed E-state index contributed by atoms with van der Waals surface area (Å²) in [5.74, 6) is 2.41. The van der Waals surface area contributed by atoms with Gasteiger partial charge in [0.2, 0.25) is 0 Å². The molecule has 4 fully saturated rings. The zero-order chi connectivity index (χ0) is 20.3. The van der Waals surface area contributed by atoms with Crippen molar-refractivity contribution < 1.29 is 20.4 Å². The molecule has 28 heavy (non-hydrogen) atoms. The van der Waals surface area contributed by atoms with Gasteiger partial charge in [0, 0.05) is 6.61 Å². The van der Waals surface area contributed by atoms with E-state index in [4.69, 9.17) is 0 Å². The summed E-state index contributed by atoms with van der Waals surface area (Å²) < 4.78 is 0. The molecule has 4 N–H and O–H groups in total. The Hall–Kier alpha value is -0.160. The van der Waals surface area contributed by atoms with Crippen LogP contribution in [0.1, 0.15) is 78.6 Å². The summed E-state index contributed by atoms with van der Waals surface area (Å²) in [7, 11) is 0. The number of hydrogen-bond donors (Lipinski definition) is 4. The lowest BCUT2D eigenvalue weighted by Crippen LogP contribution is -2.62. The van der Waals surface area contributed by atoms with Gasteiger partial charge in [0.25, 0.3) is 0 Å². The van der Waals surface area contributed by atoms with Crippen molar-refractivity contribution in [3.05, 3.63) is 0 Å². The van der Waals surface area contributed by atoms with E-state index >= 15 is 0 Å². The first-order chi connectivity index (χ1) is 13.2. The fraction of sp³-hybridized carbons (Fsp3) is 1.00. The third-order valence-electron chi connectivity index (χ3n) is 10.3. The average Bonchev–Trinajstić information content (AvgIpc) is 3.01. The lowest BCUT2D eigenvalue weighted by atomic mass is 9.43. The summed E-state index contributed by atoms with van der Waals surface area (Å²) in [6.07, 6.45) is 7.62. The van der Waals surface area contributed by atoms with E-state index in [2.05, 4.69) is 20.8 Å². The highest BCUT2D eigenvalue weighted by Crippen LogP contribution is 2.68. The second kappa shape index (κ2) is 7.51. The first kappa shape index (κ1) is 21.1. The van der Waals surface area contributed by atoms with Crippen LogP contribution in [0, 0.1) is 46.3 Å². The van der Waals surface area contributed by atoms with Crippen molar-refractivity contribution in [2.45, 2.75) is 96.9 Å². The normalized spacial score (nSPS) is 54.5. The van der Waals surface area contributed by atoms with Crippen molar-refractivity contribution in [2.24, 2.45) is 46.3 Å². The van der Waals surface area contributed by atoms with Gasteiger partial charge in [-0.25, -0.2) is 0 Å². The van der Waals surface area contributed by atoms with Gasteiger partial charge in [0.1, 0.15) is 0 Å². The molecule has 0 heterocycles. The summed E-state index contributed by atoms with van der Waals surface area (Å²) in [6, 6.07) is 0. The smallest absolute Gasteiger partial charge is 0.0602 e. The Labute approximate surface area is 170 Å². The summed E-state index contributed by atoms with van der Waals surface area (Å²) in [5.41, 5.74) is 0.0282. The minimum atomic E-state index is -0.308. The maximum Gasteiger partial charge on any atom is 0.0602 e. The topological polar surface area (TPSA) is 80.9 Å². The molecule has 0 radical (unpaired) electrons. The highest BCUT2D eigenvalue weighted by Gasteiger charge is 2.65. The van der Waals surface area contributed by atoms with Gasteiger partial charge in [-0.3, -0.25) is 0 Å².